The van der Waals surface area contributed by atoms with E-state index in [-0.39, 0.29) is 6.42 Å². The second-order valence-corrected chi connectivity index (χ2v) is 8.78. The van der Waals surface area contributed by atoms with Crippen LogP contribution in [0.2, 0.25) is 5.02 Å². The van der Waals surface area contributed by atoms with Crippen molar-refractivity contribution >= 4 is 23.3 Å². The summed E-state index contributed by atoms with van der Waals surface area (Å²) in [5.74, 6) is -0.292. The molecule has 1 saturated carbocycles. The number of aliphatic carboxylic acids is 1. The van der Waals surface area contributed by atoms with E-state index in [1.54, 1.807) is 0 Å². The van der Waals surface area contributed by atoms with E-state index in [0.29, 0.717) is 12.5 Å². The van der Waals surface area contributed by atoms with E-state index < -0.39 is 5.97 Å². The quantitative estimate of drug-likeness (QED) is 0.423. The van der Waals surface area contributed by atoms with Crippen molar-refractivity contribution in [3.63, 3.8) is 0 Å². The van der Waals surface area contributed by atoms with Crippen molar-refractivity contribution in [3.8, 4) is 0 Å². The molecule has 0 heterocycles. The number of hydrogen-bond acceptors (Lipinski definition) is 2. The summed E-state index contributed by atoms with van der Waals surface area (Å²) in [6, 6.07) is 24.7. The highest BCUT2D eigenvalue weighted by Crippen LogP contribution is 2.37. The van der Waals surface area contributed by atoms with Crippen LogP contribution in [-0.4, -0.2) is 11.1 Å². The second-order valence-electron chi connectivity index (χ2n) is 8.37. The first-order chi connectivity index (χ1) is 15.1. The van der Waals surface area contributed by atoms with E-state index in [1.807, 2.05) is 30.3 Å². The minimum Gasteiger partial charge on any atom is -0.481 e. The molecule has 4 rings (SSSR count). The molecule has 1 N–H and O–H groups in total. The van der Waals surface area contributed by atoms with Crippen LogP contribution < -0.4 is 4.90 Å². The van der Waals surface area contributed by atoms with Crippen molar-refractivity contribution in [1.29, 1.82) is 0 Å². The molecule has 1 fully saturated rings. The summed E-state index contributed by atoms with van der Waals surface area (Å²) in [6.07, 6.45) is 4.85. The van der Waals surface area contributed by atoms with Gasteiger partial charge in [-0.05, 0) is 59.2 Å². The fraction of sp³-hybridized carbons (Fsp3) is 0.296. The molecule has 0 aromatic heterocycles. The molecule has 3 aromatic carbocycles. The minimum atomic E-state index is -0.767. The molecule has 0 atom stereocenters. The SMILES string of the molecule is O=C(O)Cc1ccc(CN(Cc2ccccc2Cl)c2ccccc2)cc1C1CCCC1. The Morgan fingerprint density at radius 1 is 0.903 bits per heavy atom. The van der Waals surface area contributed by atoms with Crippen molar-refractivity contribution in [2.75, 3.05) is 4.90 Å². The van der Waals surface area contributed by atoms with Crippen LogP contribution in [0, 0.1) is 0 Å². The number of hydrogen-bond donors (Lipinski definition) is 1. The van der Waals surface area contributed by atoms with E-state index in [1.165, 1.54) is 24.0 Å². The lowest BCUT2D eigenvalue weighted by Gasteiger charge is -2.26. The number of para-hydroxylation sites is 1. The average Bonchev–Trinajstić information content (AvgIpc) is 3.31. The highest BCUT2D eigenvalue weighted by molar-refractivity contribution is 6.31. The van der Waals surface area contributed by atoms with Gasteiger partial charge >= 0.3 is 5.97 Å². The van der Waals surface area contributed by atoms with E-state index in [2.05, 4.69) is 47.4 Å². The van der Waals surface area contributed by atoms with Gasteiger partial charge in [0.25, 0.3) is 0 Å². The van der Waals surface area contributed by atoms with Gasteiger partial charge in [0.1, 0.15) is 0 Å². The van der Waals surface area contributed by atoms with Crippen LogP contribution >= 0.6 is 11.6 Å². The molecule has 1 aliphatic carbocycles. The number of rotatable bonds is 8. The highest BCUT2D eigenvalue weighted by atomic mass is 35.5. The molecular weight excluding hydrogens is 406 g/mol. The van der Waals surface area contributed by atoms with Crippen LogP contribution in [0.3, 0.4) is 0 Å². The molecule has 4 heteroatoms. The van der Waals surface area contributed by atoms with E-state index in [0.717, 1.165) is 41.2 Å². The number of anilines is 1. The van der Waals surface area contributed by atoms with Crippen LogP contribution in [0.4, 0.5) is 5.69 Å². The third-order valence-corrected chi connectivity index (χ3v) is 6.53. The summed E-state index contributed by atoms with van der Waals surface area (Å²) in [5, 5.41) is 10.1. The molecule has 3 nitrogen and oxygen atoms in total. The zero-order chi connectivity index (χ0) is 21.6. The maximum atomic E-state index is 11.4. The molecule has 0 radical (unpaired) electrons. The molecule has 0 spiro atoms. The van der Waals surface area contributed by atoms with Gasteiger partial charge in [-0.15, -0.1) is 0 Å². The molecule has 0 bridgehead atoms. The Morgan fingerprint density at radius 3 is 2.32 bits per heavy atom. The highest BCUT2D eigenvalue weighted by Gasteiger charge is 2.22. The van der Waals surface area contributed by atoms with Crippen molar-refractivity contribution in [3.05, 3.63) is 100 Å². The van der Waals surface area contributed by atoms with Gasteiger partial charge in [-0.25, -0.2) is 0 Å². The minimum absolute atomic E-state index is 0.0914. The van der Waals surface area contributed by atoms with Gasteiger partial charge in [-0.3, -0.25) is 4.79 Å². The molecule has 1 aliphatic rings. The molecule has 0 amide bonds. The molecule has 160 valence electrons. The van der Waals surface area contributed by atoms with Gasteiger partial charge in [0, 0.05) is 23.8 Å². The van der Waals surface area contributed by atoms with Gasteiger partial charge in [-0.2, -0.15) is 0 Å². The number of nitrogens with zero attached hydrogens (tertiary/aromatic N) is 1. The van der Waals surface area contributed by atoms with Crippen LogP contribution in [0.1, 0.15) is 53.9 Å². The summed E-state index contributed by atoms with van der Waals surface area (Å²) in [6.45, 7) is 1.45. The van der Waals surface area contributed by atoms with Crippen molar-refractivity contribution in [2.24, 2.45) is 0 Å². The van der Waals surface area contributed by atoms with Crippen molar-refractivity contribution < 1.29 is 9.90 Å². The predicted molar refractivity (Wildman–Crippen MR) is 127 cm³/mol. The summed E-state index contributed by atoms with van der Waals surface area (Å²) in [7, 11) is 0. The number of benzene rings is 3. The fourth-order valence-corrected chi connectivity index (χ4v) is 4.81. The number of halogens is 1. The predicted octanol–water partition coefficient (Wildman–Crippen LogP) is 6.83. The topological polar surface area (TPSA) is 40.5 Å². The molecule has 0 unspecified atom stereocenters. The normalized spacial score (nSPS) is 14.0. The Hall–Kier alpha value is -2.78. The number of carbonyl (C=O) groups is 1. The first kappa shape index (κ1) is 21.5. The summed E-state index contributed by atoms with van der Waals surface area (Å²) >= 11 is 6.46. The van der Waals surface area contributed by atoms with E-state index in [9.17, 15) is 9.90 Å². The third-order valence-electron chi connectivity index (χ3n) is 6.16. The van der Waals surface area contributed by atoms with Gasteiger partial charge in [0.05, 0.1) is 6.42 Å². The average molecular weight is 434 g/mol. The Bertz CT molecular complexity index is 1030. The molecular formula is C27H28ClNO2. The van der Waals surface area contributed by atoms with Gasteiger partial charge < -0.3 is 10.0 Å². The third kappa shape index (κ3) is 5.48. The lowest BCUT2D eigenvalue weighted by molar-refractivity contribution is -0.136. The Labute approximate surface area is 189 Å². The summed E-state index contributed by atoms with van der Waals surface area (Å²) < 4.78 is 0. The second kappa shape index (κ2) is 10.0. The molecule has 3 aromatic rings. The molecule has 0 saturated heterocycles. The Morgan fingerprint density at radius 2 is 1.61 bits per heavy atom. The van der Waals surface area contributed by atoms with Crippen molar-refractivity contribution in [1.82, 2.24) is 0 Å². The first-order valence-electron chi connectivity index (χ1n) is 11.0. The fourth-order valence-electron chi connectivity index (χ4n) is 4.61. The smallest absolute Gasteiger partial charge is 0.307 e. The molecule has 31 heavy (non-hydrogen) atoms. The first-order valence-corrected chi connectivity index (χ1v) is 11.3. The summed E-state index contributed by atoms with van der Waals surface area (Å²) in [5.41, 5.74) is 5.61. The standard InChI is InChI=1S/C27H28ClNO2/c28-26-13-7-6-10-23(26)19-29(24-11-2-1-3-12-24)18-20-14-15-22(17-27(30)31)25(16-20)21-8-4-5-9-21/h1-3,6-7,10-16,21H,4-5,8-9,17-19H2,(H,30,31). The Kier molecular flexibility index (Phi) is 6.93. The maximum Gasteiger partial charge on any atom is 0.307 e. The van der Waals surface area contributed by atoms with Crippen molar-refractivity contribution in [2.45, 2.75) is 51.1 Å². The Balaban J connectivity index is 1.65. The van der Waals surface area contributed by atoms with Gasteiger partial charge in [0.2, 0.25) is 0 Å². The summed E-state index contributed by atoms with van der Waals surface area (Å²) in [4.78, 5) is 13.7. The van der Waals surface area contributed by atoms with Crippen LogP contribution in [0.15, 0.2) is 72.8 Å². The van der Waals surface area contributed by atoms with Crippen LogP contribution in [-0.2, 0) is 24.3 Å². The lowest BCUT2D eigenvalue weighted by Crippen LogP contribution is -2.22. The number of carboxylic acids is 1. The van der Waals surface area contributed by atoms with Crippen LogP contribution in [0.25, 0.3) is 0 Å². The van der Waals surface area contributed by atoms with Gasteiger partial charge in [0.15, 0.2) is 0 Å². The van der Waals surface area contributed by atoms with Crippen LogP contribution in [0.5, 0.6) is 0 Å². The maximum absolute atomic E-state index is 11.4. The lowest BCUT2D eigenvalue weighted by atomic mass is 9.89. The zero-order valence-electron chi connectivity index (χ0n) is 17.6. The largest absolute Gasteiger partial charge is 0.481 e. The molecule has 0 aliphatic heterocycles. The number of carboxylic acid groups (broad SMARTS) is 1. The van der Waals surface area contributed by atoms with Gasteiger partial charge in [-0.1, -0.05) is 79.0 Å². The van der Waals surface area contributed by atoms with E-state index in [4.69, 9.17) is 11.6 Å². The zero-order valence-corrected chi connectivity index (χ0v) is 18.4. The van der Waals surface area contributed by atoms with E-state index >= 15 is 0 Å². The monoisotopic (exact) mass is 433 g/mol.